The van der Waals surface area contributed by atoms with E-state index in [9.17, 15) is 0 Å². The third-order valence-corrected chi connectivity index (χ3v) is 8.55. The Morgan fingerprint density at radius 2 is 0.675 bits per heavy atom. The fourth-order valence-electron chi connectivity index (χ4n) is 6.70. The van der Waals surface area contributed by atoms with Gasteiger partial charge in [0.15, 0.2) is 0 Å². The van der Waals surface area contributed by atoms with Crippen molar-refractivity contribution in [3.8, 4) is 45.0 Å². The van der Waals surface area contributed by atoms with Crippen LogP contribution < -0.4 is 0 Å². The van der Waals surface area contributed by atoms with Gasteiger partial charge in [-0.25, -0.2) is 9.97 Å². The van der Waals surface area contributed by atoms with Crippen molar-refractivity contribution in [2.24, 2.45) is 0 Å². The predicted molar refractivity (Wildman–Crippen MR) is 167 cm³/mol. The molecule has 0 amide bonds. The van der Waals surface area contributed by atoms with Gasteiger partial charge in [-0.05, 0) is 72.2 Å². The highest BCUT2D eigenvalue weighted by Crippen LogP contribution is 2.39. The minimum atomic E-state index is 0.954. The Morgan fingerprint density at radius 3 is 0.900 bits per heavy atom. The van der Waals surface area contributed by atoms with Crippen LogP contribution in [0.5, 0.6) is 0 Å². The van der Waals surface area contributed by atoms with Crippen LogP contribution in [0.4, 0.5) is 0 Å². The van der Waals surface area contributed by atoms with Crippen molar-refractivity contribution < 1.29 is 0 Å². The molecule has 0 saturated carbocycles. The van der Waals surface area contributed by atoms with E-state index in [-0.39, 0.29) is 0 Å². The van der Waals surface area contributed by atoms with E-state index in [0.717, 1.165) is 70.5 Å². The lowest BCUT2D eigenvalue weighted by atomic mass is 10.0. The highest BCUT2D eigenvalue weighted by Gasteiger charge is 2.20. The Balaban J connectivity index is 1.69. The van der Waals surface area contributed by atoms with E-state index in [1.54, 1.807) is 0 Å². The van der Waals surface area contributed by atoms with Gasteiger partial charge in [0, 0.05) is 44.3 Å². The van der Waals surface area contributed by atoms with Gasteiger partial charge < -0.3 is 9.97 Å². The third kappa shape index (κ3) is 3.74. The molecular weight excluding hydrogens is 488 g/mol. The summed E-state index contributed by atoms with van der Waals surface area (Å²) < 4.78 is 0. The van der Waals surface area contributed by atoms with E-state index >= 15 is 0 Å². The molecule has 0 atom stereocenters. The summed E-state index contributed by atoms with van der Waals surface area (Å²) in [7, 11) is 0. The molecule has 2 aliphatic rings. The van der Waals surface area contributed by atoms with Gasteiger partial charge in [0.05, 0.1) is 22.8 Å². The highest BCUT2D eigenvalue weighted by atomic mass is 14.8. The van der Waals surface area contributed by atoms with Crippen LogP contribution in [0.25, 0.3) is 67.1 Å². The summed E-state index contributed by atoms with van der Waals surface area (Å²) in [6.45, 7) is 8.96. The zero-order valence-electron chi connectivity index (χ0n) is 23.7. The Kier molecular flexibility index (Phi) is 5.92. The number of hydrogen-bond donors (Lipinski definition) is 2. The average molecular weight is 523 g/mol. The molecule has 2 N–H and O–H groups in total. The molecule has 2 aliphatic heterocycles. The smallest absolute Gasteiger partial charge is 0.0737 e. The molecule has 40 heavy (non-hydrogen) atoms. The normalized spacial score (nSPS) is 11.9. The Labute approximate surface area is 235 Å². The summed E-state index contributed by atoms with van der Waals surface area (Å²) in [4.78, 5) is 18.0. The van der Waals surface area contributed by atoms with Crippen LogP contribution in [0.2, 0.25) is 0 Å². The Morgan fingerprint density at radius 1 is 0.425 bits per heavy atom. The van der Waals surface area contributed by atoms with Crippen molar-refractivity contribution >= 4 is 22.1 Å². The topological polar surface area (TPSA) is 57.4 Å². The number of aromatic amines is 2. The summed E-state index contributed by atoms with van der Waals surface area (Å²) in [5.74, 6) is 0. The molecule has 4 nitrogen and oxygen atoms in total. The first kappa shape index (κ1) is 24.6. The molecule has 5 heterocycles. The summed E-state index contributed by atoms with van der Waals surface area (Å²) in [5, 5.41) is 0. The van der Waals surface area contributed by atoms with Crippen molar-refractivity contribution in [3.63, 3.8) is 0 Å². The van der Waals surface area contributed by atoms with E-state index in [1.807, 2.05) is 0 Å². The van der Waals surface area contributed by atoms with Gasteiger partial charge in [-0.2, -0.15) is 0 Å². The summed E-state index contributed by atoms with van der Waals surface area (Å²) in [6, 6.07) is 26.2. The highest BCUT2D eigenvalue weighted by molar-refractivity contribution is 5.91. The number of nitrogens with one attached hydrogen (secondary N) is 2. The van der Waals surface area contributed by atoms with Crippen molar-refractivity contribution in [2.75, 3.05) is 0 Å². The lowest BCUT2D eigenvalue weighted by Gasteiger charge is -2.00. The van der Waals surface area contributed by atoms with Crippen molar-refractivity contribution in [2.45, 2.75) is 53.4 Å². The van der Waals surface area contributed by atoms with E-state index in [4.69, 9.17) is 9.97 Å². The molecule has 0 spiro atoms. The first-order valence-electron chi connectivity index (χ1n) is 14.6. The van der Waals surface area contributed by atoms with E-state index < -0.39 is 0 Å². The molecule has 0 unspecified atom stereocenters. The second kappa shape index (κ2) is 9.63. The number of aryl methyl sites for hydroxylation is 4. The van der Waals surface area contributed by atoms with Crippen molar-refractivity contribution in [1.82, 2.24) is 19.9 Å². The monoisotopic (exact) mass is 522 g/mol. The maximum absolute atomic E-state index is 5.22. The van der Waals surface area contributed by atoms with E-state index in [0.29, 0.717) is 0 Å². The first-order chi connectivity index (χ1) is 19.6. The minimum Gasteiger partial charge on any atom is -0.355 e. The van der Waals surface area contributed by atoms with Crippen molar-refractivity contribution in [1.29, 1.82) is 0 Å². The minimum absolute atomic E-state index is 0.954. The molecule has 0 radical (unpaired) electrons. The maximum Gasteiger partial charge on any atom is 0.0737 e. The molecule has 7 rings (SSSR count). The van der Waals surface area contributed by atoms with Crippen molar-refractivity contribution in [3.05, 3.63) is 95.1 Å². The fraction of sp³-hybridized carbons (Fsp3) is 0.222. The fourth-order valence-corrected chi connectivity index (χ4v) is 6.70. The van der Waals surface area contributed by atoms with Gasteiger partial charge in [0.25, 0.3) is 0 Å². The number of benzene rings is 2. The molecule has 0 saturated heterocycles. The third-order valence-electron chi connectivity index (χ3n) is 8.55. The maximum atomic E-state index is 5.22. The number of nitrogens with zero attached hydrogens (tertiary/aromatic N) is 2. The number of fused-ring (bicyclic) bond motifs is 14. The molecule has 2 aromatic carbocycles. The summed E-state index contributed by atoms with van der Waals surface area (Å²) in [5.41, 5.74) is 18.7. The van der Waals surface area contributed by atoms with Gasteiger partial charge in [-0.1, -0.05) is 76.2 Å². The molecule has 5 aromatic rings. The van der Waals surface area contributed by atoms with Crippen LogP contribution in [0.1, 0.15) is 49.9 Å². The SMILES string of the molecule is CCc1c(CC)c2cc3nc(cc4[nH]c(cc5nc(cc1[nH]2)-c1ccccc1-5)c(CC)c4CC)-c1ccccc1-3. The Bertz CT molecular complexity index is 1680. The summed E-state index contributed by atoms with van der Waals surface area (Å²) >= 11 is 0. The Hall–Kier alpha value is -4.44. The zero-order valence-corrected chi connectivity index (χ0v) is 23.7. The first-order valence-corrected chi connectivity index (χ1v) is 14.6. The van der Waals surface area contributed by atoms with Gasteiger partial charge >= 0.3 is 0 Å². The second-order valence-electron chi connectivity index (χ2n) is 10.7. The molecule has 198 valence electrons. The standard InChI is InChI=1S/C36H34N4/c1-5-21-22(6-2)30-18-34-27-15-11-12-16-28(27)36(40-34)20-32-24(8-4)23(7-3)31(38-32)19-35-26-14-10-9-13-25(26)33(39-35)17-29(21)37-30/h9-20,37-38H,5-8H2,1-4H3. The summed E-state index contributed by atoms with van der Waals surface area (Å²) in [6.07, 6.45) is 3.82. The van der Waals surface area contributed by atoms with Gasteiger partial charge in [0.1, 0.15) is 0 Å². The molecular formula is C36H34N4. The second-order valence-corrected chi connectivity index (χ2v) is 10.7. The van der Waals surface area contributed by atoms with Crippen LogP contribution in [0, 0.1) is 0 Å². The van der Waals surface area contributed by atoms with Crippen LogP contribution in [-0.4, -0.2) is 19.9 Å². The van der Waals surface area contributed by atoms with E-state index in [2.05, 4.69) is 110 Å². The number of H-pyrrole nitrogens is 2. The van der Waals surface area contributed by atoms with Crippen LogP contribution in [-0.2, 0) is 25.7 Å². The quantitative estimate of drug-likeness (QED) is 0.242. The lowest BCUT2D eigenvalue weighted by molar-refractivity contribution is 1.07. The molecule has 0 aliphatic carbocycles. The molecule has 0 fully saturated rings. The van der Waals surface area contributed by atoms with Gasteiger partial charge in [0.2, 0.25) is 0 Å². The van der Waals surface area contributed by atoms with Crippen LogP contribution >= 0.6 is 0 Å². The lowest BCUT2D eigenvalue weighted by Crippen LogP contribution is -1.86. The van der Waals surface area contributed by atoms with E-state index in [1.165, 1.54) is 44.5 Å². The van der Waals surface area contributed by atoms with Gasteiger partial charge in [-0.3, -0.25) is 0 Å². The zero-order chi connectivity index (χ0) is 27.4. The number of hydrogen-bond acceptors (Lipinski definition) is 2. The van der Waals surface area contributed by atoms with Crippen LogP contribution in [0.15, 0.2) is 72.8 Å². The van der Waals surface area contributed by atoms with Crippen LogP contribution in [0.3, 0.4) is 0 Å². The predicted octanol–water partition coefficient (Wildman–Crippen LogP) is 9.23. The molecule has 4 heteroatoms. The molecule has 3 aromatic heterocycles. The number of aromatic nitrogens is 4. The average Bonchev–Trinajstić information content (AvgIpc) is 3.70. The van der Waals surface area contributed by atoms with Gasteiger partial charge in [-0.15, -0.1) is 0 Å². The largest absolute Gasteiger partial charge is 0.355 e. The number of rotatable bonds is 4. The molecule has 8 bridgehead atoms.